The third kappa shape index (κ3) is 3.73. The number of fused-ring (bicyclic) bond motifs is 2. The first-order valence-corrected chi connectivity index (χ1v) is 10.8. The highest BCUT2D eigenvalue weighted by atomic mass is 28.4. The molecule has 2 aliphatic rings. The van der Waals surface area contributed by atoms with Gasteiger partial charge in [0.25, 0.3) is 0 Å². The Balaban J connectivity index is 2.39. The Morgan fingerprint density at radius 2 is 1.95 bits per heavy atom. The van der Waals surface area contributed by atoms with Gasteiger partial charge in [-0.15, -0.1) is 0 Å². The molecule has 0 aliphatic heterocycles. The van der Waals surface area contributed by atoms with Crippen molar-refractivity contribution in [3.63, 3.8) is 0 Å². The van der Waals surface area contributed by atoms with Crippen molar-refractivity contribution in [1.82, 2.24) is 0 Å². The number of hydrogen-bond acceptors (Lipinski definition) is 2. The monoisotopic (exact) mass is 314 g/mol. The zero-order valence-corrected chi connectivity index (χ0v) is 15.3. The second-order valence-corrected chi connectivity index (χ2v) is 12.4. The van der Waals surface area contributed by atoms with Crippen LogP contribution < -0.4 is 0 Å². The molecule has 0 saturated carbocycles. The Bertz CT molecular complexity index is 614. The van der Waals surface area contributed by atoms with Crippen LogP contribution in [-0.2, 0) is 4.43 Å². The number of aliphatic hydroxyl groups is 1. The molecule has 2 atom stereocenters. The minimum absolute atomic E-state index is 0.133. The summed E-state index contributed by atoms with van der Waals surface area (Å²) in [5, 5.41) is 10.4. The largest absolute Gasteiger partial charge is 0.400 e. The molecule has 0 fully saturated rings. The van der Waals surface area contributed by atoms with Gasteiger partial charge in [-0.05, 0) is 48.7 Å². The van der Waals surface area contributed by atoms with Crippen molar-refractivity contribution in [3.8, 4) is 23.7 Å². The molecule has 1 N–H and O–H groups in total. The molecule has 118 valence electrons. The lowest BCUT2D eigenvalue weighted by Gasteiger charge is -2.45. The maximum Gasteiger partial charge on any atom is 0.194 e. The normalized spacial score (nSPS) is 29.4. The average Bonchev–Trinajstić information content (AvgIpc) is 2.40. The molecule has 2 rings (SSSR count). The van der Waals surface area contributed by atoms with Crippen LogP contribution >= 0.6 is 0 Å². The maximum absolute atomic E-state index is 10.2. The lowest BCUT2D eigenvalue weighted by molar-refractivity contribution is 0.0910. The van der Waals surface area contributed by atoms with Crippen LogP contribution in [0.1, 0.15) is 40.0 Å². The summed E-state index contributed by atoms with van der Waals surface area (Å²) in [4.78, 5) is 0. The van der Waals surface area contributed by atoms with E-state index in [0.717, 1.165) is 18.4 Å². The molecule has 3 heteroatoms. The molecule has 0 amide bonds. The Kier molecular flexibility index (Phi) is 4.73. The van der Waals surface area contributed by atoms with Gasteiger partial charge < -0.3 is 9.53 Å². The minimum Gasteiger partial charge on any atom is -0.400 e. The quantitative estimate of drug-likeness (QED) is 0.477. The van der Waals surface area contributed by atoms with E-state index in [9.17, 15) is 5.11 Å². The van der Waals surface area contributed by atoms with E-state index < -0.39 is 20.0 Å². The lowest BCUT2D eigenvalue weighted by atomic mass is 9.83. The van der Waals surface area contributed by atoms with Gasteiger partial charge in [0.05, 0.1) is 0 Å². The van der Waals surface area contributed by atoms with E-state index >= 15 is 0 Å². The van der Waals surface area contributed by atoms with E-state index in [4.69, 9.17) is 4.43 Å². The third-order valence-corrected chi connectivity index (χ3v) is 9.34. The van der Waals surface area contributed by atoms with Gasteiger partial charge in [0.1, 0.15) is 11.7 Å². The predicted octanol–water partition coefficient (Wildman–Crippen LogP) is 3.79. The van der Waals surface area contributed by atoms with Crippen molar-refractivity contribution in [2.24, 2.45) is 0 Å². The Morgan fingerprint density at radius 3 is 2.64 bits per heavy atom. The van der Waals surface area contributed by atoms with Gasteiger partial charge in [0.2, 0.25) is 0 Å². The molecule has 0 aromatic heterocycles. The van der Waals surface area contributed by atoms with Crippen LogP contribution in [-0.4, -0.2) is 25.1 Å². The first-order valence-electron chi connectivity index (χ1n) is 7.91. The Morgan fingerprint density at radius 1 is 1.27 bits per heavy atom. The molecule has 0 unspecified atom stereocenters. The molecule has 2 nitrogen and oxygen atoms in total. The van der Waals surface area contributed by atoms with Crippen LogP contribution in [0.2, 0.25) is 18.1 Å². The van der Waals surface area contributed by atoms with E-state index in [-0.39, 0.29) is 5.04 Å². The van der Waals surface area contributed by atoms with Gasteiger partial charge in [-0.2, -0.15) is 0 Å². The molecule has 0 radical (unpaired) electrons. The van der Waals surface area contributed by atoms with Crippen LogP contribution in [0.4, 0.5) is 0 Å². The molecule has 0 heterocycles. The van der Waals surface area contributed by atoms with E-state index in [1.54, 1.807) is 12.2 Å². The third-order valence-electron chi connectivity index (χ3n) is 4.82. The topological polar surface area (TPSA) is 29.5 Å². The highest BCUT2D eigenvalue weighted by Gasteiger charge is 2.45. The molecule has 2 bridgehead atoms. The average molecular weight is 315 g/mol. The smallest absolute Gasteiger partial charge is 0.194 e. The fraction of sp³-hybridized carbons (Fsp3) is 0.579. The van der Waals surface area contributed by atoms with Crippen molar-refractivity contribution in [3.05, 3.63) is 23.8 Å². The lowest BCUT2D eigenvalue weighted by Crippen LogP contribution is -2.50. The summed E-state index contributed by atoms with van der Waals surface area (Å²) in [6, 6.07) is 0. The summed E-state index contributed by atoms with van der Waals surface area (Å²) in [5.74, 6) is 12.1. The number of allylic oxidation sites excluding steroid dienone is 3. The van der Waals surface area contributed by atoms with Crippen LogP contribution in [0.3, 0.4) is 0 Å². The van der Waals surface area contributed by atoms with Gasteiger partial charge in [0.15, 0.2) is 8.32 Å². The highest BCUT2D eigenvalue weighted by Crippen LogP contribution is 2.43. The van der Waals surface area contributed by atoms with E-state index in [1.807, 2.05) is 0 Å². The van der Waals surface area contributed by atoms with Gasteiger partial charge in [-0.25, -0.2) is 0 Å². The van der Waals surface area contributed by atoms with Gasteiger partial charge in [0, 0.05) is 6.42 Å². The van der Waals surface area contributed by atoms with Crippen molar-refractivity contribution in [2.75, 3.05) is 0 Å². The van der Waals surface area contributed by atoms with Crippen LogP contribution in [0.15, 0.2) is 23.8 Å². The molecule has 0 aromatic rings. The van der Waals surface area contributed by atoms with E-state index in [1.165, 1.54) is 0 Å². The molecule has 0 aromatic carbocycles. The molecule has 22 heavy (non-hydrogen) atoms. The highest BCUT2D eigenvalue weighted by molar-refractivity contribution is 6.74. The predicted molar refractivity (Wildman–Crippen MR) is 93.6 cm³/mol. The molecular weight excluding hydrogens is 288 g/mol. The van der Waals surface area contributed by atoms with Gasteiger partial charge in [-0.3, -0.25) is 0 Å². The van der Waals surface area contributed by atoms with Gasteiger partial charge in [-0.1, -0.05) is 50.5 Å². The molecule has 2 aliphatic carbocycles. The number of aliphatic hydroxyl groups excluding tert-OH is 1. The van der Waals surface area contributed by atoms with Crippen LogP contribution in [0.25, 0.3) is 0 Å². The summed E-state index contributed by atoms with van der Waals surface area (Å²) in [5.41, 5.74) is 0.458. The maximum atomic E-state index is 10.2. The van der Waals surface area contributed by atoms with Crippen molar-refractivity contribution < 1.29 is 9.53 Å². The van der Waals surface area contributed by atoms with Crippen LogP contribution in [0, 0.1) is 23.7 Å². The zero-order chi connectivity index (χ0) is 16.4. The summed E-state index contributed by atoms with van der Waals surface area (Å²) in [7, 11) is -1.94. The summed E-state index contributed by atoms with van der Waals surface area (Å²) in [6.07, 6.45) is 7.23. The second-order valence-electron chi connectivity index (χ2n) is 7.65. The first-order chi connectivity index (χ1) is 10.2. The number of rotatable bonds is 2. The second kappa shape index (κ2) is 6.09. The Hall–Kier alpha value is -1.26. The Labute approximate surface area is 135 Å². The number of hydrogen-bond donors (Lipinski definition) is 1. The fourth-order valence-corrected chi connectivity index (χ4v) is 4.03. The molecule has 0 saturated heterocycles. The minimum atomic E-state index is -1.94. The molecular formula is C19H26O2Si. The standard InChI is InChI=1S/C19H26O2Si/c1-18(2,3)22(4,5)21-19-13-9-7-6-8-12-17(20)16(15-19)11-10-14-19/h6-7,11,17,20H,10,14-15H2,1-5H3/b7-6-/t17-,19-/m0/s1. The van der Waals surface area contributed by atoms with Crippen molar-refractivity contribution in [2.45, 2.75) is 69.9 Å². The SMILES string of the molecule is CC(C)(C)[Si](C)(C)O[C@@]12C#C/C=C\C#C[C@H](O)C(=CCC1)C2. The van der Waals surface area contributed by atoms with E-state index in [0.29, 0.717) is 6.42 Å². The summed E-state index contributed by atoms with van der Waals surface area (Å²) >= 11 is 0. The van der Waals surface area contributed by atoms with Gasteiger partial charge >= 0.3 is 0 Å². The molecule has 0 spiro atoms. The summed E-state index contributed by atoms with van der Waals surface area (Å²) in [6.45, 7) is 11.2. The summed E-state index contributed by atoms with van der Waals surface area (Å²) < 4.78 is 6.71. The fourth-order valence-electron chi connectivity index (χ4n) is 2.53. The van der Waals surface area contributed by atoms with E-state index in [2.05, 4.69) is 63.6 Å². The van der Waals surface area contributed by atoms with Crippen molar-refractivity contribution in [1.29, 1.82) is 0 Å². The first kappa shape index (κ1) is 17.1. The van der Waals surface area contributed by atoms with Crippen molar-refractivity contribution >= 4 is 8.32 Å². The van der Waals surface area contributed by atoms with Crippen LogP contribution in [0.5, 0.6) is 0 Å². The zero-order valence-electron chi connectivity index (χ0n) is 14.3.